The van der Waals surface area contributed by atoms with Gasteiger partial charge in [0.2, 0.25) is 11.9 Å². The lowest BCUT2D eigenvalue weighted by Crippen LogP contribution is -2.52. The van der Waals surface area contributed by atoms with Crippen molar-refractivity contribution in [1.29, 1.82) is 0 Å². The van der Waals surface area contributed by atoms with Crippen molar-refractivity contribution in [3.63, 3.8) is 0 Å². The summed E-state index contributed by atoms with van der Waals surface area (Å²) in [6.07, 6.45) is 0. The van der Waals surface area contributed by atoms with E-state index in [2.05, 4.69) is 20.6 Å². The van der Waals surface area contributed by atoms with Gasteiger partial charge < -0.3 is 15.5 Å². The van der Waals surface area contributed by atoms with Crippen molar-refractivity contribution in [2.24, 2.45) is 0 Å². The summed E-state index contributed by atoms with van der Waals surface area (Å²) in [5.74, 6) is -0.0594. The van der Waals surface area contributed by atoms with Crippen LogP contribution in [0, 0.1) is 13.8 Å². The fourth-order valence-electron chi connectivity index (χ4n) is 3.03. The first-order chi connectivity index (χ1) is 12.0. The highest BCUT2D eigenvalue weighted by Gasteiger charge is 2.36. The molecule has 1 atom stereocenters. The molecule has 1 aliphatic heterocycles. The molecular weight excluding hydrogens is 318 g/mol. The van der Waals surface area contributed by atoms with E-state index in [0.717, 1.165) is 11.1 Å². The number of aryl methyl sites for hydroxylation is 2. The zero-order chi connectivity index (χ0) is 18.0. The third-order valence-corrected chi connectivity index (χ3v) is 4.25. The Morgan fingerprint density at radius 3 is 2.76 bits per heavy atom. The minimum Gasteiger partial charge on any atom is -0.357 e. The van der Waals surface area contributed by atoms with Crippen molar-refractivity contribution in [3.05, 3.63) is 52.8 Å². The Balaban J connectivity index is 2.01. The average Bonchev–Trinajstić information content (AvgIpc) is 2.61. The van der Waals surface area contributed by atoms with Crippen molar-refractivity contribution < 1.29 is 9.59 Å². The van der Waals surface area contributed by atoms with Crippen molar-refractivity contribution in [1.82, 2.24) is 20.2 Å². The first-order valence-corrected chi connectivity index (χ1v) is 8.19. The number of nitrogens with one attached hydrogen (secondary N) is 2. The van der Waals surface area contributed by atoms with Gasteiger partial charge >= 0.3 is 0 Å². The predicted octanol–water partition coefficient (Wildman–Crippen LogP) is 1.45. The van der Waals surface area contributed by atoms with Crippen LogP contribution in [0.1, 0.15) is 33.4 Å². The maximum Gasteiger partial charge on any atom is 0.273 e. The molecule has 2 amide bonds. The lowest BCUT2D eigenvalue weighted by atomic mass is 9.97. The van der Waals surface area contributed by atoms with Crippen LogP contribution in [0.2, 0.25) is 0 Å². The summed E-state index contributed by atoms with van der Waals surface area (Å²) in [5, 5.41) is 5.70. The molecule has 25 heavy (non-hydrogen) atoms. The lowest BCUT2D eigenvalue weighted by molar-refractivity contribution is -0.128. The first kappa shape index (κ1) is 16.9. The van der Waals surface area contributed by atoms with Gasteiger partial charge in [-0.25, -0.2) is 9.97 Å². The first-order valence-electron chi connectivity index (χ1n) is 8.19. The Labute approximate surface area is 146 Å². The zero-order valence-corrected chi connectivity index (χ0v) is 14.5. The number of rotatable bonds is 3. The monoisotopic (exact) mass is 339 g/mol. The molecule has 1 aliphatic rings. The molecule has 0 bridgehead atoms. The normalized spacial score (nSPS) is 17.2. The second-order valence-electron chi connectivity index (χ2n) is 6.02. The molecule has 1 fully saturated rings. The van der Waals surface area contributed by atoms with E-state index in [-0.39, 0.29) is 17.5 Å². The molecule has 0 aliphatic carbocycles. The van der Waals surface area contributed by atoms with E-state index in [9.17, 15) is 9.59 Å². The van der Waals surface area contributed by atoms with Crippen LogP contribution in [0.15, 0.2) is 30.3 Å². The number of aromatic nitrogens is 2. The summed E-state index contributed by atoms with van der Waals surface area (Å²) in [4.78, 5) is 35.7. The summed E-state index contributed by atoms with van der Waals surface area (Å²) >= 11 is 0. The Morgan fingerprint density at radius 2 is 2.04 bits per heavy atom. The van der Waals surface area contributed by atoms with E-state index >= 15 is 0 Å². The summed E-state index contributed by atoms with van der Waals surface area (Å²) in [5.41, 5.74) is 2.77. The quantitative estimate of drug-likeness (QED) is 0.884. The second kappa shape index (κ2) is 6.88. The highest BCUT2D eigenvalue weighted by Crippen LogP contribution is 2.27. The van der Waals surface area contributed by atoms with Crippen LogP contribution in [0.5, 0.6) is 0 Å². The van der Waals surface area contributed by atoms with Gasteiger partial charge in [-0.05, 0) is 31.0 Å². The molecule has 2 heterocycles. The van der Waals surface area contributed by atoms with Crippen molar-refractivity contribution in [3.8, 4) is 0 Å². The molecule has 2 N–H and O–H groups in total. The molecule has 1 aromatic heterocycles. The van der Waals surface area contributed by atoms with Crippen LogP contribution >= 0.6 is 0 Å². The Hall–Kier alpha value is -2.96. The zero-order valence-electron chi connectivity index (χ0n) is 14.5. The molecule has 0 radical (unpaired) electrons. The van der Waals surface area contributed by atoms with Crippen LogP contribution in [-0.2, 0) is 4.79 Å². The Morgan fingerprint density at radius 1 is 1.28 bits per heavy atom. The van der Waals surface area contributed by atoms with Gasteiger partial charge in [0.1, 0.15) is 11.7 Å². The molecule has 7 heteroatoms. The number of anilines is 1. The minimum absolute atomic E-state index is 0.173. The Kier molecular flexibility index (Phi) is 4.65. The van der Waals surface area contributed by atoms with E-state index in [0.29, 0.717) is 24.7 Å². The van der Waals surface area contributed by atoms with Gasteiger partial charge in [0.25, 0.3) is 5.91 Å². The SMILES string of the molecule is CNc1nc(C)cc(C(=O)N2CCNC(=O)C2c2ccccc2C)n1. The molecule has 0 spiro atoms. The van der Waals surface area contributed by atoms with Gasteiger partial charge in [0.05, 0.1) is 0 Å². The van der Waals surface area contributed by atoms with Crippen LogP contribution in [0.25, 0.3) is 0 Å². The van der Waals surface area contributed by atoms with E-state index in [1.54, 1.807) is 24.9 Å². The molecule has 0 saturated carbocycles. The van der Waals surface area contributed by atoms with E-state index in [1.807, 2.05) is 31.2 Å². The van der Waals surface area contributed by atoms with Gasteiger partial charge in [0.15, 0.2) is 0 Å². The smallest absolute Gasteiger partial charge is 0.273 e. The number of carbonyl (C=O) groups excluding carboxylic acids is 2. The third kappa shape index (κ3) is 3.31. The van der Waals surface area contributed by atoms with Crippen LogP contribution in [0.3, 0.4) is 0 Å². The standard InChI is InChI=1S/C18H21N5O2/c1-11-6-4-5-7-13(11)15-16(24)20-8-9-23(15)17(25)14-10-12(2)21-18(19-3)22-14/h4-7,10,15H,8-9H2,1-3H3,(H,20,24)(H,19,21,22). The maximum absolute atomic E-state index is 13.1. The van der Waals surface area contributed by atoms with Crippen molar-refractivity contribution >= 4 is 17.8 Å². The number of piperazine rings is 1. The molecule has 7 nitrogen and oxygen atoms in total. The number of nitrogens with zero attached hydrogens (tertiary/aromatic N) is 3. The molecule has 2 aromatic rings. The van der Waals surface area contributed by atoms with Gasteiger partial charge in [0, 0.05) is 25.8 Å². The fourth-order valence-corrected chi connectivity index (χ4v) is 3.03. The van der Waals surface area contributed by atoms with Gasteiger partial charge in [-0.15, -0.1) is 0 Å². The highest BCUT2D eigenvalue weighted by molar-refractivity contribution is 5.97. The van der Waals surface area contributed by atoms with Crippen LogP contribution in [0.4, 0.5) is 5.95 Å². The molecular formula is C18H21N5O2. The van der Waals surface area contributed by atoms with E-state index < -0.39 is 6.04 Å². The van der Waals surface area contributed by atoms with E-state index in [1.165, 1.54) is 0 Å². The van der Waals surface area contributed by atoms with Crippen molar-refractivity contribution in [2.75, 3.05) is 25.5 Å². The topological polar surface area (TPSA) is 87.2 Å². The predicted molar refractivity (Wildman–Crippen MR) is 94.3 cm³/mol. The molecule has 1 aromatic carbocycles. The van der Waals surface area contributed by atoms with Gasteiger partial charge in [-0.3, -0.25) is 9.59 Å². The highest BCUT2D eigenvalue weighted by atomic mass is 16.2. The lowest BCUT2D eigenvalue weighted by Gasteiger charge is -2.35. The van der Waals surface area contributed by atoms with E-state index in [4.69, 9.17) is 0 Å². The van der Waals surface area contributed by atoms with Crippen LogP contribution < -0.4 is 10.6 Å². The third-order valence-electron chi connectivity index (χ3n) is 4.25. The van der Waals surface area contributed by atoms with Crippen molar-refractivity contribution in [2.45, 2.75) is 19.9 Å². The average molecular weight is 339 g/mol. The Bertz CT molecular complexity index is 821. The number of carbonyl (C=O) groups is 2. The largest absolute Gasteiger partial charge is 0.357 e. The van der Waals surface area contributed by atoms with Crippen LogP contribution in [-0.4, -0.2) is 46.8 Å². The maximum atomic E-state index is 13.1. The second-order valence-corrected chi connectivity index (χ2v) is 6.02. The molecule has 1 unspecified atom stereocenters. The summed E-state index contributed by atoms with van der Waals surface area (Å²) < 4.78 is 0. The summed E-state index contributed by atoms with van der Waals surface area (Å²) in [6.45, 7) is 4.60. The minimum atomic E-state index is -0.657. The number of hydrogen-bond donors (Lipinski definition) is 2. The number of hydrogen-bond acceptors (Lipinski definition) is 5. The van der Waals surface area contributed by atoms with Gasteiger partial charge in [-0.2, -0.15) is 0 Å². The molecule has 130 valence electrons. The summed E-state index contributed by atoms with van der Waals surface area (Å²) in [6, 6.07) is 8.60. The van der Waals surface area contributed by atoms with Gasteiger partial charge in [-0.1, -0.05) is 24.3 Å². The number of amides is 2. The molecule has 3 rings (SSSR count). The molecule has 1 saturated heterocycles. The fraction of sp³-hybridized carbons (Fsp3) is 0.333. The summed E-state index contributed by atoms with van der Waals surface area (Å²) in [7, 11) is 1.70. The number of benzene rings is 1.